The fraction of sp³-hybridized carbons (Fsp3) is 0.350. The van der Waals surface area contributed by atoms with E-state index in [9.17, 15) is 4.79 Å². The zero-order valence-corrected chi connectivity index (χ0v) is 15.9. The Kier molecular flexibility index (Phi) is 5.83. The Hall–Kier alpha value is -2.77. The van der Waals surface area contributed by atoms with Gasteiger partial charge >= 0.3 is 0 Å². The monoisotopic (exact) mass is 371 g/mol. The van der Waals surface area contributed by atoms with Crippen LogP contribution in [0.5, 0.6) is 17.2 Å². The third-order valence-corrected chi connectivity index (χ3v) is 4.79. The lowest BCUT2D eigenvalue weighted by Gasteiger charge is -2.23. The van der Waals surface area contributed by atoms with E-state index < -0.39 is 0 Å². The standard InChI is InChI=1S/C20H25N3O4/c1-12-18(13-9-10-16(26-3)17(11-13)27-4)19(23-22-12)21-20(24)14-7-5-6-8-15(14)25-2/h5-12,18-19,22-23H,1-4H3,(H,21,24). The van der Waals surface area contributed by atoms with Crippen LogP contribution in [0.15, 0.2) is 42.5 Å². The van der Waals surface area contributed by atoms with Crippen LogP contribution in [0.3, 0.4) is 0 Å². The number of amides is 1. The van der Waals surface area contributed by atoms with E-state index >= 15 is 0 Å². The zero-order chi connectivity index (χ0) is 19.4. The van der Waals surface area contributed by atoms with Crippen molar-refractivity contribution < 1.29 is 19.0 Å². The number of methoxy groups -OCH3 is 3. The van der Waals surface area contributed by atoms with Crippen molar-refractivity contribution in [3.8, 4) is 17.2 Å². The SMILES string of the molecule is COc1ccc(C2C(C)NNC2NC(=O)c2ccccc2OC)cc1OC. The predicted octanol–water partition coefficient (Wildman–Crippen LogP) is 2.05. The molecule has 1 heterocycles. The summed E-state index contributed by atoms with van der Waals surface area (Å²) in [5.74, 6) is 1.66. The third-order valence-electron chi connectivity index (χ3n) is 4.79. The number of hydrazine groups is 1. The number of carbonyl (C=O) groups is 1. The van der Waals surface area contributed by atoms with Gasteiger partial charge in [0.1, 0.15) is 11.9 Å². The summed E-state index contributed by atoms with van der Waals surface area (Å²) in [5, 5.41) is 3.05. The Morgan fingerprint density at radius 1 is 0.926 bits per heavy atom. The highest BCUT2D eigenvalue weighted by atomic mass is 16.5. The van der Waals surface area contributed by atoms with E-state index in [2.05, 4.69) is 23.1 Å². The molecule has 0 saturated carbocycles. The summed E-state index contributed by atoms with van der Waals surface area (Å²) in [6, 6.07) is 13.1. The number of para-hydroxylation sites is 1. The molecule has 27 heavy (non-hydrogen) atoms. The molecule has 0 bridgehead atoms. The van der Waals surface area contributed by atoms with Gasteiger partial charge in [0.25, 0.3) is 5.91 Å². The highest BCUT2D eigenvalue weighted by Crippen LogP contribution is 2.34. The van der Waals surface area contributed by atoms with Gasteiger partial charge in [-0.2, -0.15) is 0 Å². The first kappa shape index (κ1) is 19.0. The molecule has 144 valence electrons. The Labute approximate surface area is 159 Å². The molecule has 0 radical (unpaired) electrons. The number of hydrogen-bond donors (Lipinski definition) is 3. The lowest BCUT2D eigenvalue weighted by atomic mass is 9.91. The second-order valence-electron chi connectivity index (χ2n) is 6.37. The van der Waals surface area contributed by atoms with E-state index in [-0.39, 0.29) is 24.0 Å². The maximum Gasteiger partial charge on any atom is 0.256 e. The number of carbonyl (C=O) groups excluding carboxylic acids is 1. The van der Waals surface area contributed by atoms with Gasteiger partial charge in [0.05, 0.1) is 26.9 Å². The second kappa shape index (κ2) is 8.28. The van der Waals surface area contributed by atoms with Gasteiger partial charge in [-0.3, -0.25) is 10.2 Å². The lowest BCUT2D eigenvalue weighted by Crippen LogP contribution is -2.46. The summed E-state index contributed by atoms with van der Waals surface area (Å²) in [5.41, 5.74) is 7.89. The summed E-state index contributed by atoms with van der Waals surface area (Å²) >= 11 is 0. The molecule has 1 aliphatic rings. The first-order valence-corrected chi connectivity index (χ1v) is 8.76. The molecule has 3 atom stereocenters. The van der Waals surface area contributed by atoms with Gasteiger partial charge in [-0.1, -0.05) is 18.2 Å². The van der Waals surface area contributed by atoms with E-state index in [0.29, 0.717) is 22.8 Å². The van der Waals surface area contributed by atoms with Crippen molar-refractivity contribution in [1.29, 1.82) is 0 Å². The van der Waals surface area contributed by atoms with Gasteiger partial charge in [0.15, 0.2) is 11.5 Å². The maximum atomic E-state index is 12.8. The van der Waals surface area contributed by atoms with Crippen molar-refractivity contribution in [2.45, 2.75) is 25.0 Å². The molecule has 1 aliphatic heterocycles. The fourth-order valence-corrected chi connectivity index (χ4v) is 3.41. The van der Waals surface area contributed by atoms with Crippen molar-refractivity contribution in [2.75, 3.05) is 21.3 Å². The molecule has 3 unspecified atom stereocenters. The van der Waals surface area contributed by atoms with Crippen LogP contribution in [0, 0.1) is 0 Å². The minimum atomic E-state index is -0.296. The first-order chi connectivity index (χ1) is 13.1. The van der Waals surface area contributed by atoms with Crippen LogP contribution in [0.1, 0.15) is 28.8 Å². The van der Waals surface area contributed by atoms with E-state index in [0.717, 1.165) is 5.56 Å². The molecule has 3 rings (SSSR count). The van der Waals surface area contributed by atoms with Crippen molar-refractivity contribution >= 4 is 5.91 Å². The molecule has 7 nitrogen and oxygen atoms in total. The van der Waals surface area contributed by atoms with Gasteiger partial charge < -0.3 is 19.5 Å². The van der Waals surface area contributed by atoms with Crippen molar-refractivity contribution in [2.24, 2.45) is 0 Å². The highest BCUT2D eigenvalue weighted by molar-refractivity contribution is 5.97. The smallest absolute Gasteiger partial charge is 0.256 e. The van der Waals surface area contributed by atoms with E-state index in [1.165, 1.54) is 0 Å². The Bertz CT molecular complexity index is 812. The molecule has 7 heteroatoms. The minimum absolute atomic E-state index is 0.00321. The predicted molar refractivity (Wildman–Crippen MR) is 102 cm³/mol. The van der Waals surface area contributed by atoms with E-state index in [1.54, 1.807) is 33.5 Å². The summed E-state index contributed by atoms with van der Waals surface area (Å²) in [6.45, 7) is 2.06. The van der Waals surface area contributed by atoms with Gasteiger partial charge in [0, 0.05) is 12.0 Å². The molecular weight excluding hydrogens is 346 g/mol. The van der Waals surface area contributed by atoms with E-state index in [4.69, 9.17) is 14.2 Å². The largest absolute Gasteiger partial charge is 0.496 e. The number of ether oxygens (including phenoxy) is 3. The molecule has 1 saturated heterocycles. The highest BCUT2D eigenvalue weighted by Gasteiger charge is 2.36. The average Bonchev–Trinajstić information content (AvgIpc) is 3.07. The van der Waals surface area contributed by atoms with Crippen LogP contribution < -0.4 is 30.4 Å². The molecule has 0 aromatic heterocycles. The van der Waals surface area contributed by atoms with Crippen LogP contribution in [-0.4, -0.2) is 39.4 Å². The first-order valence-electron chi connectivity index (χ1n) is 8.76. The van der Waals surface area contributed by atoms with Crippen LogP contribution in [0.25, 0.3) is 0 Å². The van der Waals surface area contributed by atoms with Crippen LogP contribution in [-0.2, 0) is 0 Å². The number of rotatable bonds is 6. The molecular formula is C20H25N3O4. The number of benzene rings is 2. The molecule has 0 spiro atoms. The molecule has 2 aromatic rings. The molecule has 2 aromatic carbocycles. The normalized spacial score (nSPS) is 21.6. The molecule has 1 fully saturated rings. The summed E-state index contributed by atoms with van der Waals surface area (Å²) in [4.78, 5) is 12.8. The van der Waals surface area contributed by atoms with Crippen LogP contribution in [0.2, 0.25) is 0 Å². The molecule has 1 amide bonds. The number of hydrogen-bond acceptors (Lipinski definition) is 6. The van der Waals surface area contributed by atoms with Crippen LogP contribution in [0.4, 0.5) is 0 Å². The Morgan fingerprint density at radius 2 is 1.63 bits per heavy atom. The maximum absolute atomic E-state index is 12.8. The van der Waals surface area contributed by atoms with Gasteiger partial charge in [-0.25, -0.2) is 5.43 Å². The lowest BCUT2D eigenvalue weighted by molar-refractivity contribution is 0.0925. The quantitative estimate of drug-likeness (QED) is 0.721. The van der Waals surface area contributed by atoms with Crippen molar-refractivity contribution in [1.82, 2.24) is 16.2 Å². The van der Waals surface area contributed by atoms with Crippen molar-refractivity contribution in [3.05, 3.63) is 53.6 Å². The van der Waals surface area contributed by atoms with Gasteiger partial charge in [0.2, 0.25) is 0 Å². The molecule has 3 N–H and O–H groups in total. The Balaban J connectivity index is 1.84. The summed E-state index contributed by atoms with van der Waals surface area (Å²) in [6.07, 6.45) is -0.296. The van der Waals surface area contributed by atoms with Gasteiger partial charge in [-0.05, 0) is 36.8 Å². The molecule has 0 aliphatic carbocycles. The number of nitrogens with one attached hydrogen (secondary N) is 3. The average molecular weight is 371 g/mol. The summed E-state index contributed by atoms with van der Waals surface area (Å²) in [7, 11) is 4.77. The van der Waals surface area contributed by atoms with Gasteiger partial charge in [-0.15, -0.1) is 0 Å². The van der Waals surface area contributed by atoms with Crippen molar-refractivity contribution in [3.63, 3.8) is 0 Å². The zero-order valence-electron chi connectivity index (χ0n) is 15.9. The summed E-state index contributed by atoms with van der Waals surface area (Å²) < 4.78 is 16.0. The fourth-order valence-electron chi connectivity index (χ4n) is 3.41. The van der Waals surface area contributed by atoms with E-state index in [1.807, 2.05) is 30.3 Å². The second-order valence-corrected chi connectivity index (χ2v) is 6.37. The van der Waals surface area contributed by atoms with Crippen LogP contribution >= 0.6 is 0 Å². The minimum Gasteiger partial charge on any atom is -0.496 e. The third kappa shape index (κ3) is 3.84. The topological polar surface area (TPSA) is 80.9 Å². The Morgan fingerprint density at radius 3 is 2.33 bits per heavy atom.